The van der Waals surface area contributed by atoms with Crippen LogP contribution >= 0.6 is 27.7 Å². The summed E-state index contributed by atoms with van der Waals surface area (Å²) in [5.74, 6) is 1.09. The second-order valence-electron chi connectivity index (χ2n) is 2.14. The monoisotopic (exact) mass is 235 g/mol. The third-order valence-electron chi connectivity index (χ3n) is 1.18. The van der Waals surface area contributed by atoms with Crippen molar-refractivity contribution in [2.75, 3.05) is 5.75 Å². The van der Waals surface area contributed by atoms with Crippen LogP contribution in [0.25, 0.3) is 0 Å². The molecule has 4 heteroatoms. The molecule has 11 heavy (non-hydrogen) atoms. The van der Waals surface area contributed by atoms with Crippen molar-refractivity contribution >= 4 is 27.7 Å². The molecule has 1 rings (SSSR count). The summed E-state index contributed by atoms with van der Waals surface area (Å²) in [7, 11) is 0. The number of halogens is 1. The summed E-state index contributed by atoms with van der Waals surface area (Å²) < 4.78 is 5.89. The lowest BCUT2D eigenvalue weighted by Gasteiger charge is -1.91. The first kappa shape index (κ1) is 9.13. The molecule has 1 aromatic heterocycles. The molecule has 0 saturated carbocycles. The van der Waals surface area contributed by atoms with Crippen molar-refractivity contribution < 1.29 is 4.42 Å². The number of hydrogen-bond donors (Lipinski definition) is 0. The summed E-state index contributed by atoms with van der Waals surface area (Å²) in [5, 5.41) is 0.755. The number of rotatable bonds is 4. The van der Waals surface area contributed by atoms with E-state index < -0.39 is 0 Å². The molecule has 0 unspecified atom stereocenters. The Morgan fingerprint density at radius 1 is 1.73 bits per heavy atom. The molecule has 0 radical (unpaired) electrons. The van der Waals surface area contributed by atoms with Gasteiger partial charge < -0.3 is 4.42 Å². The van der Waals surface area contributed by atoms with Gasteiger partial charge in [0.1, 0.15) is 10.9 Å². The summed E-state index contributed by atoms with van der Waals surface area (Å²) in [6.45, 7) is 2.17. The summed E-state index contributed by atoms with van der Waals surface area (Å²) in [6, 6.07) is 0. The first-order valence-corrected chi connectivity index (χ1v) is 5.34. The highest BCUT2D eigenvalue weighted by Gasteiger charge is 2.00. The highest BCUT2D eigenvalue weighted by Crippen LogP contribution is 2.20. The molecule has 0 fully saturated rings. The van der Waals surface area contributed by atoms with E-state index in [1.165, 1.54) is 12.8 Å². The molecule has 0 N–H and O–H groups in total. The molecule has 62 valence electrons. The van der Waals surface area contributed by atoms with Crippen LogP contribution in [0, 0.1) is 0 Å². The Morgan fingerprint density at radius 3 is 3.09 bits per heavy atom. The van der Waals surface area contributed by atoms with Gasteiger partial charge in [0.15, 0.2) is 0 Å². The van der Waals surface area contributed by atoms with E-state index in [1.54, 1.807) is 18.0 Å². The van der Waals surface area contributed by atoms with Crippen molar-refractivity contribution in [3.63, 3.8) is 0 Å². The van der Waals surface area contributed by atoms with Gasteiger partial charge in [0.25, 0.3) is 5.22 Å². The van der Waals surface area contributed by atoms with E-state index in [1.807, 2.05) is 0 Å². The zero-order valence-electron chi connectivity index (χ0n) is 6.34. The number of nitrogens with zero attached hydrogens (tertiary/aromatic N) is 1. The molecular formula is C7H10BrNOS. The lowest BCUT2D eigenvalue weighted by atomic mass is 10.4. The van der Waals surface area contributed by atoms with E-state index in [2.05, 4.69) is 27.8 Å². The van der Waals surface area contributed by atoms with Crippen molar-refractivity contribution in [1.29, 1.82) is 0 Å². The van der Waals surface area contributed by atoms with E-state index in [0.29, 0.717) is 0 Å². The van der Waals surface area contributed by atoms with Crippen LogP contribution < -0.4 is 0 Å². The summed E-state index contributed by atoms with van der Waals surface area (Å²) >= 11 is 4.88. The van der Waals surface area contributed by atoms with E-state index in [4.69, 9.17) is 4.42 Å². The van der Waals surface area contributed by atoms with Gasteiger partial charge in [-0.2, -0.15) is 4.98 Å². The first-order chi connectivity index (χ1) is 5.33. The topological polar surface area (TPSA) is 26.0 Å². The van der Waals surface area contributed by atoms with Gasteiger partial charge >= 0.3 is 0 Å². The Morgan fingerprint density at radius 2 is 2.55 bits per heavy atom. The Hall–Kier alpha value is 0.0400. The molecule has 1 aromatic rings. The molecule has 0 atom stereocenters. The third-order valence-corrected chi connectivity index (χ3v) is 2.47. The summed E-state index contributed by atoms with van der Waals surface area (Å²) in [4.78, 5) is 4.10. The number of oxazole rings is 1. The maximum atomic E-state index is 5.12. The van der Waals surface area contributed by atoms with Crippen LogP contribution in [-0.2, 0) is 0 Å². The van der Waals surface area contributed by atoms with Gasteiger partial charge in [0.05, 0.1) is 0 Å². The Kier molecular flexibility index (Phi) is 4.01. The molecule has 0 amide bonds. The SMILES string of the molecule is CCCCSc1nc(Br)co1. The second-order valence-corrected chi connectivity index (χ2v) is 4.00. The lowest BCUT2D eigenvalue weighted by molar-refractivity contribution is 0.454. The van der Waals surface area contributed by atoms with Crippen LogP contribution in [0.5, 0.6) is 0 Å². The minimum absolute atomic E-state index is 0.755. The Bertz CT molecular complexity index is 214. The molecule has 0 aliphatic rings. The maximum Gasteiger partial charge on any atom is 0.256 e. The van der Waals surface area contributed by atoms with Crippen LogP contribution in [0.1, 0.15) is 19.8 Å². The van der Waals surface area contributed by atoms with Gasteiger partial charge in [0, 0.05) is 5.75 Å². The normalized spacial score (nSPS) is 10.4. The van der Waals surface area contributed by atoms with Gasteiger partial charge in [0.2, 0.25) is 0 Å². The van der Waals surface area contributed by atoms with Crippen LogP contribution in [0.2, 0.25) is 0 Å². The van der Waals surface area contributed by atoms with E-state index in [-0.39, 0.29) is 0 Å². The zero-order valence-corrected chi connectivity index (χ0v) is 8.74. The minimum atomic E-state index is 0.755. The molecule has 0 aliphatic carbocycles. The highest BCUT2D eigenvalue weighted by molar-refractivity contribution is 9.10. The molecule has 2 nitrogen and oxygen atoms in total. The quantitative estimate of drug-likeness (QED) is 0.592. The van der Waals surface area contributed by atoms with Crippen LogP contribution in [0.15, 0.2) is 20.5 Å². The molecule has 0 bridgehead atoms. The smallest absolute Gasteiger partial charge is 0.256 e. The van der Waals surface area contributed by atoms with Crippen molar-refractivity contribution in [3.05, 3.63) is 10.9 Å². The third kappa shape index (κ3) is 3.29. The minimum Gasteiger partial charge on any atom is -0.439 e. The lowest BCUT2D eigenvalue weighted by Crippen LogP contribution is -1.77. The maximum absolute atomic E-state index is 5.12. The molecule has 1 heterocycles. The zero-order chi connectivity index (χ0) is 8.10. The van der Waals surface area contributed by atoms with Gasteiger partial charge in [-0.1, -0.05) is 25.1 Å². The second kappa shape index (κ2) is 4.83. The summed E-state index contributed by atoms with van der Waals surface area (Å²) in [5.41, 5.74) is 0. The first-order valence-electron chi connectivity index (χ1n) is 3.56. The Labute approximate surface area is 78.9 Å². The average Bonchev–Trinajstić information content (AvgIpc) is 2.37. The fourth-order valence-electron chi connectivity index (χ4n) is 0.609. The fourth-order valence-corrected chi connectivity index (χ4v) is 1.87. The van der Waals surface area contributed by atoms with E-state index >= 15 is 0 Å². The van der Waals surface area contributed by atoms with Gasteiger partial charge in [-0.3, -0.25) is 0 Å². The number of thioether (sulfide) groups is 1. The molecule has 0 spiro atoms. The van der Waals surface area contributed by atoms with Crippen molar-refractivity contribution in [2.24, 2.45) is 0 Å². The van der Waals surface area contributed by atoms with Gasteiger partial charge in [-0.15, -0.1) is 0 Å². The van der Waals surface area contributed by atoms with Crippen molar-refractivity contribution in [2.45, 2.75) is 25.0 Å². The van der Waals surface area contributed by atoms with Crippen LogP contribution in [-0.4, -0.2) is 10.7 Å². The van der Waals surface area contributed by atoms with Crippen LogP contribution in [0.3, 0.4) is 0 Å². The van der Waals surface area contributed by atoms with E-state index in [9.17, 15) is 0 Å². The van der Waals surface area contributed by atoms with Crippen molar-refractivity contribution in [3.8, 4) is 0 Å². The largest absolute Gasteiger partial charge is 0.439 e. The average molecular weight is 236 g/mol. The molecule has 0 saturated heterocycles. The van der Waals surface area contributed by atoms with E-state index in [0.717, 1.165) is 15.6 Å². The predicted molar refractivity (Wildman–Crippen MR) is 49.8 cm³/mol. The van der Waals surface area contributed by atoms with Crippen LogP contribution in [0.4, 0.5) is 0 Å². The predicted octanol–water partition coefficient (Wildman–Crippen LogP) is 3.33. The molecule has 0 aliphatic heterocycles. The number of unbranched alkanes of at least 4 members (excludes halogenated alkanes) is 1. The number of aromatic nitrogens is 1. The Balaban J connectivity index is 2.27. The fraction of sp³-hybridized carbons (Fsp3) is 0.571. The highest BCUT2D eigenvalue weighted by atomic mass is 79.9. The van der Waals surface area contributed by atoms with Crippen molar-refractivity contribution in [1.82, 2.24) is 4.98 Å². The molecular weight excluding hydrogens is 226 g/mol. The number of hydrogen-bond acceptors (Lipinski definition) is 3. The summed E-state index contributed by atoms with van der Waals surface area (Å²) in [6.07, 6.45) is 4.04. The standard InChI is InChI=1S/C7H10BrNOS/c1-2-3-4-11-7-9-6(8)5-10-7/h5H,2-4H2,1H3. The van der Waals surface area contributed by atoms with Gasteiger partial charge in [-0.05, 0) is 22.4 Å². The van der Waals surface area contributed by atoms with Gasteiger partial charge in [-0.25, -0.2) is 0 Å². The molecule has 0 aromatic carbocycles.